The topological polar surface area (TPSA) is 81.3 Å². The molecule has 0 aliphatic carbocycles. The number of H-pyrrole nitrogens is 1. The minimum Gasteiger partial charge on any atom is -0.353 e. The van der Waals surface area contributed by atoms with Gasteiger partial charge < -0.3 is 10.2 Å². The molecule has 2 amide bonds. The number of carbonyl (C=O) groups excluding carboxylic acids is 2. The number of nitrogens with zero attached hydrogens (tertiary/aromatic N) is 3. The molecule has 0 radical (unpaired) electrons. The number of carbonyl (C=O) groups is 2. The maximum absolute atomic E-state index is 12.2. The summed E-state index contributed by atoms with van der Waals surface area (Å²) in [6.45, 7) is 4.25. The quantitative estimate of drug-likeness (QED) is 0.809. The molecule has 1 aromatic rings. The van der Waals surface area contributed by atoms with Crippen LogP contribution in [0.5, 0.6) is 0 Å². The van der Waals surface area contributed by atoms with Crippen LogP contribution in [0.3, 0.4) is 0 Å². The molecule has 7 heteroatoms. The van der Waals surface area contributed by atoms with E-state index >= 15 is 0 Å². The second-order valence-electron chi connectivity index (χ2n) is 6.11. The predicted molar refractivity (Wildman–Crippen MR) is 80.8 cm³/mol. The molecule has 0 bridgehead atoms. The van der Waals surface area contributed by atoms with Gasteiger partial charge in [0.2, 0.25) is 11.8 Å². The summed E-state index contributed by atoms with van der Waals surface area (Å²) in [5.74, 6) is 0.328. The van der Waals surface area contributed by atoms with Crippen molar-refractivity contribution in [1.82, 2.24) is 25.3 Å². The molecule has 0 saturated carbocycles. The third-order valence-electron chi connectivity index (χ3n) is 4.48. The van der Waals surface area contributed by atoms with Crippen LogP contribution in [0.25, 0.3) is 0 Å². The van der Waals surface area contributed by atoms with E-state index < -0.39 is 0 Å². The summed E-state index contributed by atoms with van der Waals surface area (Å²) < 4.78 is 0. The maximum atomic E-state index is 12.2. The number of aromatic amines is 1. The van der Waals surface area contributed by atoms with Gasteiger partial charge in [-0.2, -0.15) is 5.10 Å². The van der Waals surface area contributed by atoms with Crippen molar-refractivity contribution in [3.63, 3.8) is 0 Å². The van der Waals surface area contributed by atoms with Gasteiger partial charge in [-0.15, -0.1) is 0 Å². The van der Waals surface area contributed by atoms with Crippen LogP contribution in [0.15, 0.2) is 12.4 Å². The average molecular weight is 305 g/mol. The first-order valence-electron chi connectivity index (χ1n) is 7.98. The Morgan fingerprint density at radius 3 is 2.77 bits per heavy atom. The molecule has 2 aliphatic rings. The Bertz CT molecular complexity index is 508. The number of hydrogen-bond donors (Lipinski definition) is 2. The Labute approximate surface area is 130 Å². The number of nitrogens with one attached hydrogen (secondary N) is 2. The van der Waals surface area contributed by atoms with Gasteiger partial charge in [0.1, 0.15) is 0 Å². The van der Waals surface area contributed by atoms with Crippen LogP contribution in [-0.4, -0.2) is 64.0 Å². The average Bonchev–Trinajstić information content (AvgIpc) is 3.17. The molecule has 2 fully saturated rings. The summed E-state index contributed by atoms with van der Waals surface area (Å²) in [6.07, 6.45) is 6.52. The highest BCUT2D eigenvalue weighted by Crippen LogP contribution is 2.14. The molecular formula is C15H23N5O2. The summed E-state index contributed by atoms with van der Waals surface area (Å²) in [7, 11) is 0. The third kappa shape index (κ3) is 3.85. The molecule has 3 rings (SSSR count). The molecular weight excluding hydrogens is 282 g/mol. The van der Waals surface area contributed by atoms with Gasteiger partial charge in [0, 0.05) is 63.4 Å². The van der Waals surface area contributed by atoms with Crippen LogP contribution in [0.2, 0.25) is 0 Å². The molecule has 0 aromatic carbocycles. The van der Waals surface area contributed by atoms with Crippen molar-refractivity contribution >= 4 is 11.8 Å². The van der Waals surface area contributed by atoms with Crippen molar-refractivity contribution in [1.29, 1.82) is 0 Å². The van der Waals surface area contributed by atoms with E-state index in [1.165, 1.54) is 5.56 Å². The SMILES string of the molecule is O=C1CCC(CCC(=O)N2CCN(Cc3cn[nH]c3)CC2)N1. The number of piperazine rings is 1. The Hall–Kier alpha value is -1.89. The Morgan fingerprint density at radius 2 is 2.14 bits per heavy atom. The van der Waals surface area contributed by atoms with Crippen molar-refractivity contribution < 1.29 is 9.59 Å². The normalized spacial score (nSPS) is 22.8. The first-order chi connectivity index (χ1) is 10.7. The number of aromatic nitrogens is 2. The van der Waals surface area contributed by atoms with E-state index in [9.17, 15) is 9.59 Å². The van der Waals surface area contributed by atoms with E-state index in [1.54, 1.807) is 0 Å². The first kappa shape index (κ1) is 15.0. The smallest absolute Gasteiger partial charge is 0.222 e. The molecule has 3 heterocycles. The van der Waals surface area contributed by atoms with Gasteiger partial charge in [-0.3, -0.25) is 19.6 Å². The Balaban J connectivity index is 1.37. The zero-order valence-corrected chi connectivity index (χ0v) is 12.8. The lowest BCUT2D eigenvalue weighted by molar-refractivity contribution is -0.133. The van der Waals surface area contributed by atoms with Gasteiger partial charge in [0.25, 0.3) is 0 Å². The molecule has 2 aliphatic heterocycles. The number of hydrogen-bond acceptors (Lipinski definition) is 4. The van der Waals surface area contributed by atoms with Gasteiger partial charge >= 0.3 is 0 Å². The molecule has 22 heavy (non-hydrogen) atoms. The maximum Gasteiger partial charge on any atom is 0.222 e. The van der Waals surface area contributed by atoms with Crippen LogP contribution in [0.1, 0.15) is 31.2 Å². The monoisotopic (exact) mass is 305 g/mol. The standard InChI is InChI=1S/C15H23N5O2/c21-14-3-1-13(18-14)2-4-15(22)20-7-5-19(6-8-20)11-12-9-16-17-10-12/h9-10,13H,1-8,11H2,(H,16,17)(H,18,21). The van der Waals surface area contributed by atoms with Crippen LogP contribution < -0.4 is 5.32 Å². The summed E-state index contributed by atoms with van der Waals surface area (Å²) in [6, 6.07) is 0.193. The zero-order chi connectivity index (χ0) is 15.4. The minimum atomic E-state index is 0.116. The highest BCUT2D eigenvalue weighted by molar-refractivity contribution is 5.79. The van der Waals surface area contributed by atoms with Gasteiger partial charge in [-0.05, 0) is 12.8 Å². The minimum absolute atomic E-state index is 0.116. The molecule has 7 nitrogen and oxygen atoms in total. The number of rotatable bonds is 5. The fraction of sp³-hybridized carbons (Fsp3) is 0.667. The summed E-state index contributed by atoms with van der Waals surface area (Å²) in [5, 5.41) is 9.69. The van der Waals surface area contributed by atoms with E-state index in [0.717, 1.165) is 45.6 Å². The van der Waals surface area contributed by atoms with Gasteiger partial charge in [-0.25, -0.2) is 0 Å². The summed E-state index contributed by atoms with van der Waals surface area (Å²) >= 11 is 0. The lowest BCUT2D eigenvalue weighted by Crippen LogP contribution is -2.48. The van der Waals surface area contributed by atoms with Gasteiger partial charge in [-0.1, -0.05) is 0 Å². The van der Waals surface area contributed by atoms with E-state index in [1.807, 2.05) is 17.3 Å². The summed E-state index contributed by atoms with van der Waals surface area (Å²) in [5.41, 5.74) is 1.18. The van der Waals surface area contributed by atoms with Crippen molar-refractivity contribution in [3.8, 4) is 0 Å². The van der Waals surface area contributed by atoms with Crippen LogP contribution in [-0.2, 0) is 16.1 Å². The Morgan fingerprint density at radius 1 is 1.32 bits per heavy atom. The molecule has 0 spiro atoms. The zero-order valence-electron chi connectivity index (χ0n) is 12.8. The van der Waals surface area contributed by atoms with Crippen molar-refractivity contribution in [2.24, 2.45) is 0 Å². The first-order valence-corrected chi connectivity index (χ1v) is 7.98. The van der Waals surface area contributed by atoms with Gasteiger partial charge in [0.15, 0.2) is 0 Å². The highest BCUT2D eigenvalue weighted by Gasteiger charge is 2.24. The molecule has 1 unspecified atom stereocenters. The van der Waals surface area contributed by atoms with E-state index in [0.29, 0.717) is 12.8 Å². The summed E-state index contributed by atoms with van der Waals surface area (Å²) in [4.78, 5) is 27.7. The highest BCUT2D eigenvalue weighted by atomic mass is 16.2. The van der Waals surface area contributed by atoms with Crippen LogP contribution in [0.4, 0.5) is 0 Å². The third-order valence-corrected chi connectivity index (χ3v) is 4.48. The van der Waals surface area contributed by atoms with Crippen LogP contribution >= 0.6 is 0 Å². The van der Waals surface area contributed by atoms with E-state index in [2.05, 4.69) is 20.4 Å². The second kappa shape index (κ2) is 6.91. The lowest BCUT2D eigenvalue weighted by Gasteiger charge is -2.34. The van der Waals surface area contributed by atoms with Gasteiger partial charge in [0.05, 0.1) is 6.20 Å². The van der Waals surface area contributed by atoms with Crippen molar-refractivity contribution in [2.45, 2.75) is 38.3 Å². The van der Waals surface area contributed by atoms with E-state index in [-0.39, 0.29) is 17.9 Å². The predicted octanol–water partition coefficient (Wildman–Crippen LogP) is 0.113. The molecule has 2 saturated heterocycles. The van der Waals surface area contributed by atoms with Crippen molar-refractivity contribution in [3.05, 3.63) is 18.0 Å². The van der Waals surface area contributed by atoms with Crippen LogP contribution in [0, 0.1) is 0 Å². The van der Waals surface area contributed by atoms with Crippen molar-refractivity contribution in [2.75, 3.05) is 26.2 Å². The Kier molecular flexibility index (Phi) is 4.72. The fourth-order valence-electron chi connectivity index (χ4n) is 3.13. The molecule has 120 valence electrons. The molecule has 1 aromatic heterocycles. The molecule has 2 N–H and O–H groups in total. The second-order valence-corrected chi connectivity index (χ2v) is 6.11. The number of amides is 2. The largest absolute Gasteiger partial charge is 0.353 e. The van der Waals surface area contributed by atoms with E-state index in [4.69, 9.17) is 0 Å². The lowest BCUT2D eigenvalue weighted by atomic mass is 10.1. The fourth-order valence-corrected chi connectivity index (χ4v) is 3.13. The molecule has 1 atom stereocenters.